The molecule has 4 heteroatoms. The van der Waals surface area contributed by atoms with Crippen LogP contribution in [0, 0.1) is 5.41 Å². The zero-order valence-electron chi connectivity index (χ0n) is 3.01. The van der Waals surface area contributed by atoms with Crippen molar-refractivity contribution >= 4 is 14.6 Å². The lowest BCUT2D eigenvalue weighted by atomic mass is 11.2. The second kappa shape index (κ2) is 24.4. The molecule has 0 rings (SSSR count). The third-order valence-electron chi connectivity index (χ3n) is 0. The van der Waals surface area contributed by atoms with E-state index in [1.807, 2.05) is 0 Å². The Balaban J connectivity index is 0. The smallest absolute Gasteiger partial charge is 0.310 e. The van der Waals surface area contributed by atoms with Gasteiger partial charge in [-0.2, -0.15) is 0 Å². The molecule has 0 heterocycles. The van der Waals surface area contributed by atoms with E-state index in [2.05, 4.69) is 6.58 Å². The monoisotopic (exact) mass is 105 g/mol. The van der Waals surface area contributed by atoms with Crippen LogP contribution in [0.15, 0.2) is 6.58 Å². The van der Waals surface area contributed by atoms with E-state index in [1.165, 1.54) is 0 Å². The summed E-state index contributed by atoms with van der Waals surface area (Å²) in [5, 5.41) is 5.85. The van der Waals surface area contributed by atoms with Crippen molar-refractivity contribution in [3.63, 3.8) is 0 Å². The first-order chi connectivity index (χ1) is 2.83. The first kappa shape index (κ1) is 9.10. The fourth-order valence-electron chi connectivity index (χ4n) is 0. The highest BCUT2D eigenvalue weighted by molar-refractivity contribution is 7.16. The van der Waals surface area contributed by atoms with Crippen molar-refractivity contribution in [2.45, 2.75) is 0 Å². The van der Waals surface area contributed by atoms with Gasteiger partial charge in [-0.15, -0.1) is 0 Å². The average molecular weight is 105 g/mol. The normalized spacial score (nSPS) is 4.83. The molecular weight excluding hydrogens is 101 g/mol. The first-order valence-electron chi connectivity index (χ1n) is 0.986. The van der Waals surface area contributed by atoms with Crippen LogP contribution in [-0.4, -0.2) is 10.8 Å². The van der Waals surface area contributed by atoms with Gasteiger partial charge in [-0.25, -0.2) is 4.57 Å². The zero-order chi connectivity index (χ0) is 5.41. The van der Waals surface area contributed by atoms with E-state index in [4.69, 9.17) is 14.9 Å². The molecule has 0 aromatic heterocycles. The third kappa shape index (κ3) is 92.1. The van der Waals surface area contributed by atoms with E-state index in [9.17, 15) is 0 Å². The van der Waals surface area contributed by atoms with Crippen molar-refractivity contribution < 1.29 is 9.46 Å². The lowest BCUT2D eigenvalue weighted by Crippen LogP contribution is -1.10. The minimum Gasteiger partial charge on any atom is -0.310 e. The molecule has 0 bridgehead atoms. The van der Waals surface area contributed by atoms with Gasteiger partial charge in [-0.05, 0) is 12.4 Å². The van der Waals surface area contributed by atoms with Gasteiger partial charge in [0.25, 0.3) is 0 Å². The topological polar surface area (TPSA) is 61.2 Å². The van der Waals surface area contributed by atoms with Crippen molar-refractivity contribution in [1.29, 1.82) is 5.41 Å². The number of hydrogen-bond acceptors (Lipinski definition) is 2. The van der Waals surface area contributed by atoms with Crippen LogP contribution in [0.1, 0.15) is 0 Å². The lowest BCUT2D eigenvalue weighted by Gasteiger charge is -1.24. The van der Waals surface area contributed by atoms with E-state index in [0.29, 0.717) is 0 Å². The highest BCUT2D eigenvalue weighted by Crippen LogP contribution is 1.66. The lowest BCUT2D eigenvalue weighted by molar-refractivity contribution is 0.524. The summed E-state index contributed by atoms with van der Waals surface area (Å²) in [6.45, 7) is 2.90. The molecule has 0 amide bonds. The molecule has 6 heavy (non-hydrogen) atoms. The molecule has 0 aromatic rings. The molecule has 0 fully saturated rings. The summed E-state index contributed by atoms with van der Waals surface area (Å²) in [6.07, 6.45) is 0. The van der Waals surface area contributed by atoms with Crippen LogP contribution in [0.4, 0.5) is 0 Å². The number of rotatable bonds is 0. The molecule has 0 saturated heterocycles. The number of hydrogen-bond donors (Lipinski definition) is 2. The Labute approximate surface area is 37.1 Å². The van der Waals surface area contributed by atoms with Gasteiger partial charge in [0.1, 0.15) is 0 Å². The molecule has 0 unspecified atom stereocenters. The van der Waals surface area contributed by atoms with Gasteiger partial charge < -0.3 is 4.89 Å². The molecule has 0 saturated carbocycles. The van der Waals surface area contributed by atoms with Crippen LogP contribution < -0.4 is 0 Å². The Morgan fingerprint density at radius 1 is 2.00 bits per heavy atom. The molecule has 0 atom stereocenters. The van der Waals surface area contributed by atoms with Gasteiger partial charge in [0.2, 0.25) is 0 Å². The number of nitrogens with one attached hydrogen (secondary N) is 1. The van der Waals surface area contributed by atoms with Crippen molar-refractivity contribution in [2.75, 3.05) is 0 Å². The van der Waals surface area contributed by atoms with Gasteiger partial charge in [0.05, 0.1) is 0 Å². The van der Waals surface area contributed by atoms with E-state index < -0.39 is 8.69 Å². The summed E-state index contributed by atoms with van der Waals surface area (Å²) in [4.78, 5) is 6.99. The van der Waals surface area contributed by atoms with E-state index in [0.717, 1.165) is 0 Å². The fourth-order valence-corrected chi connectivity index (χ4v) is 0. The Hall–Kier alpha value is -0.490. The van der Waals surface area contributed by atoms with Gasteiger partial charge in [-0.1, -0.05) is 0 Å². The third-order valence-corrected chi connectivity index (χ3v) is 0. The molecule has 0 aliphatic carbocycles. The SMILES string of the molecule is C=C=N.O=PO. The van der Waals surface area contributed by atoms with Crippen molar-refractivity contribution in [1.82, 2.24) is 0 Å². The summed E-state index contributed by atoms with van der Waals surface area (Å²) >= 11 is 0. The maximum atomic E-state index is 8.46. The quantitative estimate of drug-likeness (QED) is 0.350. The molecule has 0 aliphatic heterocycles. The second-order valence-electron chi connectivity index (χ2n) is 0.258. The standard InChI is InChI=1S/C2H3N.HO2P/c1-2-3;1-3-2/h3H,1H2;(H,1,2). The molecule has 0 aromatic carbocycles. The highest BCUT2D eigenvalue weighted by atomic mass is 31.1. The van der Waals surface area contributed by atoms with Crippen molar-refractivity contribution in [3.05, 3.63) is 6.58 Å². The van der Waals surface area contributed by atoms with Gasteiger partial charge in [0.15, 0.2) is 0 Å². The predicted molar refractivity (Wildman–Crippen MR) is 23.2 cm³/mol. The molecule has 3 nitrogen and oxygen atoms in total. The predicted octanol–water partition coefficient (Wildman–Crippen LogP) is 0.606. The van der Waals surface area contributed by atoms with Crippen molar-refractivity contribution in [2.24, 2.45) is 0 Å². The van der Waals surface area contributed by atoms with Crippen LogP contribution in [0.2, 0.25) is 0 Å². The summed E-state index contributed by atoms with van der Waals surface area (Å²) in [7, 11) is -0.833. The first-order valence-corrected chi connectivity index (χ1v) is 1.75. The molecule has 0 spiro atoms. The second-order valence-corrected chi connectivity index (χ2v) is 0.422. The summed E-state index contributed by atoms with van der Waals surface area (Å²) in [5.41, 5.74) is 0. The largest absolute Gasteiger partial charge is 0.324 e. The van der Waals surface area contributed by atoms with Crippen LogP contribution in [0.25, 0.3) is 0 Å². The van der Waals surface area contributed by atoms with Crippen LogP contribution in [0.3, 0.4) is 0 Å². The molecule has 2 N–H and O–H groups in total. The van der Waals surface area contributed by atoms with Gasteiger partial charge in [0, 0.05) is 0 Å². The van der Waals surface area contributed by atoms with E-state index in [1.54, 1.807) is 5.87 Å². The summed E-state index contributed by atoms with van der Waals surface area (Å²) in [5.74, 6) is 1.75. The Kier molecular flexibility index (Phi) is 36.9. The molecule has 34 valence electrons. The summed E-state index contributed by atoms with van der Waals surface area (Å²) in [6, 6.07) is 0. The average Bonchev–Trinajstić information content (AvgIpc) is 1.39. The summed E-state index contributed by atoms with van der Waals surface area (Å²) < 4.78 is 8.46. The maximum absolute atomic E-state index is 8.46. The van der Waals surface area contributed by atoms with Crippen LogP contribution in [0.5, 0.6) is 0 Å². The van der Waals surface area contributed by atoms with E-state index in [-0.39, 0.29) is 0 Å². The van der Waals surface area contributed by atoms with Crippen LogP contribution in [-0.2, 0) is 4.57 Å². The van der Waals surface area contributed by atoms with Gasteiger partial charge >= 0.3 is 8.69 Å². The molecule has 0 aliphatic rings. The Morgan fingerprint density at radius 3 is 2.00 bits per heavy atom. The van der Waals surface area contributed by atoms with E-state index >= 15 is 0 Å². The van der Waals surface area contributed by atoms with Gasteiger partial charge in [-0.3, -0.25) is 5.41 Å². The van der Waals surface area contributed by atoms with Crippen molar-refractivity contribution in [3.8, 4) is 0 Å². The zero-order valence-corrected chi connectivity index (χ0v) is 3.90. The Morgan fingerprint density at radius 2 is 2.00 bits per heavy atom. The minimum absolute atomic E-state index is 0.833. The maximum Gasteiger partial charge on any atom is 0.324 e. The Bertz CT molecular complexity index is 56.6. The highest BCUT2D eigenvalue weighted by Gasteiger charge is 1.28. The fraction of sp³-hybridized carbons (Fsp3) is 0. The minimum atomic E-state index is -0.833. The molecule has 0 radical (unpaired) electrons. The molecular formula is C2H4NO2P. The van der Waals surface area contributed by atoms with Crippen LogP contribution >= 0.6 is 8.69 Å².